The van der Waals surface area contributed by atoms with Gasteiger partial charge in [0.15, 0.2) is 0 Å². The highest BCUT2D eigenvalue weighted by atomic mass is 32.1. The molecule has 7 heteroatoms. The van der Waals surface area contributed by atoms with Gasteiger partial charge in [0, 0.05) is 43.6 Å². The molecule has 0 spiro atoms. The van der Waals surface area contributed by atoms with E-state index in [1.54, 1.807) is 18.0 Å². The molecule has 1 aliphatic rings. The number of amides is 1. The van der Waals surface area contributed by atoms with Gasteiger partial charge in [0.05, 0.1) is 24.0 Å². The van der Waals surface area contributed by atoms with Crippen molar-refractivity contribution in [2.75, 3.05) is 20.3 Å². The Morgan fingerprint density at radius 2 is 2.43 bits per heavy atom. The monoisotopic (exact) mass is 306 g/mol. The number of ether oxygens (including phenoxy) is 1. The summed E-state index contributed by atoms with van der Waals surface area (Å²) < 4.78 is 7.34. The minimum atomic E-state index is -0.0211. The molecule has 0 N–H and O–H groups in total. The van der Waals surface area contributed by atoms with Crippen molar-refractivity contribution in [3.8, 4) is 0 Å². The predicted molar refractivity (Wildman–Crippen MR) is 79.4 cm³/mol. The average Bonchev–Trinajstić information content (AvgIpc) is 3.16. The number of aromatic nitrogens is 3. The average molecular weight is 306 g/mol. The summed E-state index contributed by atoms with van der Waals surface area (Å²) in [6.07, 6.45) is 1.86. The maximum absolute atomic E-state index is 12.5. The van der Waals surface area contributed by atoms with Crippen molar-refractivity contribution >= 4 is 17.2 Å². The summed E-state index contributed by atoms with van der Waals surface area (Å²) in [6.45, 7) is 4.72. The first-order valence-electron chi connectivity index (χ1n) is 6.95. The highest BCUT2D eigenvalue weighted by Crippen LogP contribution is 2.29. The zero-order valence-electron chi connectivity index (χ0n) is 12.2. The van der Waals surface area contributed by atoms with Crippen LogP contribution in [0.25, 0.3) is 0 Å². The van der Waals surface area contributed by atoms with Gasteiger partial charge in [0.25, 0.3) is 5.91 Å². The van der Waals surface area contributed by atoms with Crippen LogP contribution in [0.4, 0.5) is 0 Å². The Morgan fingerprint density at radius 1 is 1.57 bits per heavy atom. The van der Waals surface area contributed by atoms with Crippen molar-refractivity contribution in [2.24, 2.45) is 0 Å². The molecule has 0 saturated carbocycles. The van der Waals surface area contributed by atoms with Gasteiger partial charge >= 0.3 is 0 Å². The van der Waals surface area contributed by atoms with Gasteiger partial charge in [-0.25, -0.2) is 4.98 Å². The molecule has 2 aromatic rings. The maximum Gasteiger partial charge on any atom is 0.273 e. The van der Waals surface area contributed by atoms with E-state index in [9.17, 15) is 4.79 Å². The first-order valence-corrected chi connectivity index (χ1v) is 7.89. The molecule has 0 bridgehead atoms. The number of hydrogen-bond donors (Lipinski definition) is 0. The van der Waals surface area contributed by atoms with Crippen LogP contribution < -0.4 is 0 Å². The van der Waals surface area contributed by atoms with Crippen LogP contribution in [0.3, 0.4) is 0 Å². The van der Waals surface area contributed by atoms with Gasteiger partial charge < -0.3 is 9.64 Å². The van der Waals surface area contributed by atoms with Gasteiger partial charge in [0.2, 0.25) is 0 Å². The second-order valence-electron chi connectivity index (χ2n) is 5.08. The summed E-state index contributed by atoms with van der Waals surface area (Å²) >= 11 is 1.44. The fourth-order valence-corrected chi connectivity index (χ4v) is 3.40. The van der Waals surface area contributed by atoms with Crippen LogP contribution in [0.1, 0.15) is 34.6 Å². The standard InChI is InChI=1S/C14H18N4O2S/c1-3-18-13-10(4-16-18)5-17(6-11(13)7-20-2)14(19)12-8-21-9-15-12/h4,8-9,11H,3,5-7H2,1-2H3/t11-/m0/s1. The third-order valence-electron chi connectivity index (χ3n) is 3.75. The Balaban J connectivity index is 1.89. The van der Waals surface area contributed by atoms with Crippen LogP contribution in [0.2, 0.25) is 0 Å². The van der Waals surface area contributed by atoms with E-state index in [-0.39, 0.29) is 11.8 Å². The topological polar surface area (TPSA) is 60.2 Å². The summed E-state index contributed by atoms with van der Waals surface area (Å²) in [5, 5.41) is 6.21. The van der Waals surface area contributed by atoms with Crippen LogP contribution in [0, 0.1) is 0 Å². The Bertz CT molecular complexity index is 623. The Labute approximate surface area is 127 Å². The van der Waals surface area contributed by atoms with Crippen molar-refractivity contribution in [2.45, 2.75) is 25.9 Å². The van der Waals surface area contributed by atoms with Crippen molar-refractivity contribution in [3.63, 3.8) is 0 Å². The van der Waals surface area contributed by atoms with E-state index in [0.29, 0.717) is 25.4 Å². The minimum absolute atomic E-state index is 0.0211. The number of methoxy groups -OCH3 is 1. The van der Waals surface area contributed by atoms with Gasteiger partial charge in [-0.15, -0.1) is 11.3 Å². The first kappa shape index (κ1) is 14.2. The van der Waals surface area contributed by atoms with Crippen LogP contribution in [0.15, 0.2) is 17.1 Å². The predicted octanol–water partition coefficient (Wildman–Crippen LogP) is 1.75. The highest BCUT2D eigenvalue weighted by molar-refractivity contribution is 7.07. The molecule has 6 nitrogen and oxygen atoms in total. The number of aryl methyl sites for hydroxylation is 1. The molecule has 0 aliphatic carbocycles. The lowest BCUT2D eigenvalue weighted by atomic mass is 9.96. The molecule has 3 heterocycles. The van der Waals surface area contributed by atoms with Crippen LogP contribution in [0.5, 0.6) is 0 Å². The number of carbonyl (C=O) groups excluding carboxylic acids is 1. The number of rotatable bonds is 4. The van der Waals surface area contributed by atoms with Crippen LogP contribution >= 0.6 is 11.3 Å². The van der Waals surface area contributed by atoms with Crippen LogP contribution in [-0.2, 0) is 17.8 Å². The number of carbonyl (C=O) groups is 1. The number of thiazole rings is 1. The third-order valence-corrected chi connectivity index (χ3v) is 4.34. The fraction of sp³-hybridized carbons (Fsp3) is 0.500. The second kappa shape index (κ2) is 5.95. The van der Waals surface area contributed by atoms with Crippen molar-refractivity contribution in [1.82, 2.24) is 19.7 Å². The van der Waals surface area contributed by atoms with E-state index in [2.05, 4.69) is 17.0 Å². The Hall–Kier alpha value is -1.73. The highest BCUT2D eigenvalue weighted by Gasteiger charge is 2.32. The Morgan fingerprint density at radius 3 is 3.10 bits per heavy atom. The van der Waals surface area contributed by atoms with Gasteiger partial charge in [0.1, 0.15) is 5.69 Å². The lowest BCUT2D eigenvalue weighted by molar-refractivity contribution is 0.0670. The normalized spacial score (nSPS) is 17.8. The minimum Gasteiger partial charge on any atom is -0.384 e. The van der Waals surface area contributed by atoms with Gasteiger partial charge in [-0.1, -0.05) is 0 Å². The smallest absolute Gasteiger partial charge is 0.273 e. The van der Waals surface area contributed by atoms with Crippen molar-refractivity contribution in [1.29, 1.82) is 0 Å². The molecular formula is C14H18N4O2S. The number of fused-ring (bicyclic) bond motifs is 1. The molecule has 0 unspecified atom stereocenters. The molecule has 1 atom stereocenters. The third kappa shape index (κ3) is 2.58. The van der Waals surface area contributed by atoms with E-state index in [1.165, 1.54) is 17.0 Å². The molecule has 0 radical (unpaired) electrons. The van der Waals surface area contributed by atoms with Gasteiger partial charge in [-0.05, 0) is 6.92 Å². The maximum atomic E-state index is 12.5. The summed E-state index contributed by atoms with van der Waals surface area (Å²) in [6, 6.07) is 0. The summed E-state index contributed by atoms with van der Waals surface area (Å²) in [5.41, 5.74) is 4.50. The number of hydrogen-bond acceptors (Lipinski definition) is 5. The molecule has 2 aromatic heterocycles. The first-order chi connectivity index (χ1) is 10.2. The Kier molecular flexibility index (Phi) is 4.03. The molecule has 21 heavy (non-hydrogen) atoms. The van der Waals surface area contributed by atoms with Gasteiger partial charge in [-0.2, -0.15) is 5.10 Å². The molecule has 0 saturated heterocycles. The SMILES string of the molecule is CCn1ncc2c1[C@H](COC)CN(C(=O)c1cscn1)C2. The van der Waals surface area contributed by atoms with Crippen molar-refractivity contribution < 1.29 is 9.53 Å². The molecule has 0 aromatic carbocycles. The fourth-order valence-electron chi connectivity index (χ4n) is 2.87. The largest absolute Gasteiger partial charge is 0.384 e. The number of nitrogens with zero attached hydrogens (tertiary/aromatic N) is 4. The zero-order chi connectivity index (χ0) is 14.8. The van der Waals surface area contributed by atoms with Crippen molar-refractivity contribution in [3.05, 3.63) is 34.0 Å². The second-order valence-corrected chi connectivity index (χ2v) is 5.80. The molecule has 112 valence electrons. The summed E-state index contributed by atoms with van der Waals surface area (Å²) in [7, 11) is 1.69. The van der Waals surface area contributed by atoms with E-state index in [1.807, 2.05) is 15.8 Å². The summed E-state index contributed by atoms with van der Waals surface area (Å²) in [5.74, 6) is 0.135. The van der Waals surface area contributed by atoms with Crippen LogP contribution in [-0.4, -0.2) is 45.8 Å². The molecule has 1 aliphatic heterocycles. The van der Waals surface area contributed by atoms with E-state index in [0.717, 1.165) is 12.1 Å². The van der Waals surface area contributed by atoms with E-state index in [4.69, 9.17) is 4.74 Å². The zero-order valence-corrected chi connectivity index (χ0v) is 13.0. The lowest BCUT2D eigenvalue weighted by Crippen LogP contribution is -2.40. The van der Waals surface area contributed by atoms with Gasteiger partial charge in [-0.3, -0.25) is 9.48 Å². The van der Waals surface area contributed by atoms with E-state index < -0.39 is 0 Å². The molecule has 0 fully saturated rings. The molecule has 3 rings (SSSR count). The molecule has 1 amide bonds. The quantitative estimate of drug-likeness (QED) is 0.863. The lowest BCUT2D eigenvalue weighted by Gasteiger charge is -2.32. The molecular weight excluding hydrogens is 288 g/mol. The summed E-state index contributed by atoms with van der Waals surface area (Å²) in [4.78, 5) is 18.4. The van der Waals surface area contributed by atoms with E-state index >= 15 is 0 Å².